The Balaban J connectivity index is 1.64. The third-order valence-corrected chi connectivity index (χ3v) is 5.21. The average Bonchev–Trinajstić information content (AvgIpc) is 3.25. The van der Waals surface area contributed by atoms with E-state index in [1.807, 2.05) is 49.4 Å². The van der Waals surface area contributed by atoms with Crippen LogP contribution in [0.5, 0.6) is 5.75 Å². The number of anilines is 1. The summed E-state index contributed by atoms with van der Waals surface area (Å²) in [6.07, 6.45) is 1.59. The van der Waals surface area contributed by atoms with Crippen LogP contribution in [0.1, 0.15) is 11.9 Å². The summed E-state index contributed by atoms with van der Waals surface area (Å²) in [5.41, 5.74) is 2.00. The first-order chi connectivity index (χ1) is 14.7. The predicted molar refractivity (Wildman–Crippen MR) is 118 cm³/mol. The van der Waals surface area contributed by atoms with Gasteiger partial charge >= 0.3 is 5.63 Å². The maximum atomic E-state index is 12.4. The van der Waals surface area contributed by atoms with Crippen LogP contribution >= 0.6 is 11.3 Å². The van der Waals surface area contributed by atoms with E-state index in [9.17, 15) is 10.1 Å². The molecule has 0 fully saturated rings. The number of aromatic nitrogens is 1. The smallest absolute Gasteiger partial charge is 0.345 e. The van der Waals surface area contributed by atoms with Gasteiger partial charge in [0.15, 0.2) is 0 Å². The number of para-hydroxylation sites is 3. The first kappa shape index (κ1) is 19.4. The minimum atomic E-state index is -0.461. The zero-order chi connectivity index (χ0) is 20.9. The zero-order valence-corrected chi connectivity index (χ0v) is 16.9. The van der Waals surface area contributed by atoms with Gasteiger partial charge in [-0.15, -0.1) is 11.3 Å². The topological polar surface area (TPSA) is 88.2 Å². The number of benzene rings is 2. The molecule has 0 saturated heterocycles. The van der Waals surface area contributed by atoms with E-state index >= 15 is 0 Å². The van der Waals surface area contributed by atoms with Crippen LogP contribution in [0, 0.1) is 11.3 Å². The Bertz CT molecular complexity index is 1330. The summed E-state index contributed by atoms with van der Waals surface area (Å²) >= 11 is 1.29. The van der Waals surface area contributed by atoms with Crippen LogP contribution in [0.4, 0.5) is 5.69 Å². The number of thiazole rings is 1. The Morgan fingerprint density at radius 1 is 1.27 bits per heavy atom. The van der Waals surface area contributed by atoms with Crippen LogP contribution in [-0.4, -0.2) is 11.6 Å². The molecule has 7 heteroatoms. The summed E-state index contributed by atoms with van der Waals surface area (Å²) in [5, 5.41) is 15.8. The average molecular weight is 415 g/mol. The van der Waals surface area contributed by atoms with Crippen molar-refractivity contribution in [2.45, 2.75) is 6.92 Å². The van der Waals surface area contributed by atoms with E-state index in [0.717, 1.165) is 11.1 Å². The lowest BCUT2D eigenvalue weighted by Gasteiger charge is -2.09. The molecule has 2 heterocycles. The highest BCUT2D eigenvalue weighted by Gasteiger charge is 2.14. The van der Waals surface area contributed by atoms with Gasteiger partial charge < -0.3 is 14.5 Å². The number of nitrogens with zero attached hydrogens (tertiary/aromatic N) is 2. The second-order valence-electron chi connectivity index (χ2n) is 6.27. The van der Waals surface area contributed by atoms with Crippen molar-refractivity contribution in [3.63, 3.8) is 0 Å². The van der Waals surface area contributed by atoms with Crippen molar-refractivity contribution in [1.29, 1.82) is 5.26 Å². The van der Waals surface area contributed by atoms with Crippen molar-refractivity contribution < 1.29 is 9.15 Å². The number of allylic oxidation sites excluding steroid dienone is 1. The van der Waals surface area contributed by atoms with Crippen LogP contribution in [0.2, 0.25) is 0 Å². The van der Waals surface area contributed by atoms with Gasteiger partial charge in [-0.25, -0.2) is 9.78 Å². The van der Waals surface area contributed by atoms with Gasteiger partial charge in [0.2, 0.25) is 0 Å². The first-order valence-electron chi connectivity index (χ1n) is 9.27. The Labute approximate surface area is 176 Å². The molecule has 0 aliphatic heterocycles. The van der Waals surface area contributed by atoms with Crippen LogP contribution in [0.25, 0.3) is 27.8 Å². The third kappa shape index (κ3) is 3.95. The second kappa shape index (κ2) is 8.64. The fourth-order valence-corrected chi connectivity index (χ4v) is 3.71. The Morgan fingerprint density at radius 3 is 2.90 bits per heavy atom. The quantitative estimate of drug-likeness (QED) is 0.340. The summed E-state index contributed by atoms with van der Waals surface area (Å²) < 4.78 is 11.0. The molecule has 0 bridgehead atoms. The molecule has 4 aromatic rings. The van der Waals surface area contributed by atoms with Crippen molar-refractivity contribution in [3.05, 3.63) is 81.6 Å². The van der Waals surface area contributed by atoms with Gasteiger partial charge in [0.1, 0.15) is 28.0 Å². The van der Waals surface area contributed by atoms with Crippen LogP contribution < -0.4 is 15.7 Å². The summed E-state index contributed by atoms with van der Waals surface area (Å²) in [6, 6.07) is 18.7. The normalized spacial score (nSPS) is 11.3. The highest BCUT2D eigenvalue weighted by atomic mass is 32.1. The molecule has 148 valence electrons. The molecule has 0 radical (unpaired) electrons. The largest absolute Gasteiger partial charge is 0.492 e. The number of nitriles is 1. The third-order valence-electron chi connectivity index (χ3n) is 4.33. The summed E-state index contributed by atoms with van der Waals surface area (Å²) in [5.74, 6) is 0.696. The van der Waals surface area contributed by atoms with Gasteiger partial charge in [0, 0.05) is 17.0 Å². The number of ether oxygens (including phenoxy) is 1. The Morgan fingerprint density at radius 2 is 2.07 bits per heavy atom. The van der Waals surface area contributed by atoms with Crippen molar-refractivity contribution in [1.82, 2.24) is 4.98 Å². The number of hydrogen-bond acceptors (Lipinski definition) is 7. The van der Waals surface area contributed by atoms with Crippen LogP contribution in [0.15, 0.2) is 75.4 Å². The van der Waals surface area contributed by atoms with Gasteiger partial charge in [0.05, 0.1) is 23.6 Å². The number of nitrogens with one attached hydrogen (secondary N) is 1. The Kier molecular flexibility index (Phi) is 5.59. The van der Waals surface area contributed by atoms with Gasteiger partial charge in [-0.2, -0.15) is 5.26 Å². The molecule has 4 rings (SSSR count). The first-order valence-corrected chi connectivity index (χ1v) is 10.2. The van der Waals surface area contributed by atoms with Gasteiger partial charge in [-0.3, -0.25) is 0 Å². The standard InChI is InChI=1S/C23H17N3O3S/c1-2-28-21-10-6-4-8-18(21)25-13-16(12-24)22-26-19(14-30-22)17-11-15-7-3-5-9-20(15)29-23(17)27/h3-11,13-14,25H,2H2,1H3/b16-13-. The van der Waals surface area contributed by atoms with E-state index in [4.69, 9.17) is 9.15 Å². The minimum absolute atomic E-state index is 0.350. The van der Waals surface area contributed by atoms with Crippen molar-refractivity contribution in [3.8, 4) is 23.1 Å². The van der Waals surface area contributed by atoms with Gasteiger partial charge in [-0.05, 0) is 31.2 Å². The van der Waals surface area contributed by atoms with E-state index in [1.54, 1.807) is 23.7 Å². The minimum Gasteiger partial charge on any atom is -0.492 e. The van der Waals surface area contributed by atoms with Crippen LogP contribution in [-0.2, 0) is 0 Å². The summed E-state index contributed by atoms with van der Waals surface area (Å²) in [7, 11) is 0. The number of fused-ring (bicyclic) bond motifs is 1. The lowest BCUT2D eigenvalue weighted by atomic mass is 10.1. The summed E-state index contributed by atoms with van der Waals surface area (Å²) in [6.45, 7) is 2.45. The number of rotatable bonds is 6. The molecule has 0 saturated carbocycles. The Hall–Kier alpha value is -3.89. The lowest BCUT2D eigenvalue weighted by molar-refractivity contribution is 0.342. The van der Waals surface area contributed by atoms with Crippen molar-refractivity contribution in [2.75, 3.05) is 11.9 Å². The van der Waals surface area contributed by atoms with Crippen molar-refractivity contribution >= 4 is 33.6 Å². The fourth-order valence-electron chi connectivity index (χ4n) is 2.92. The molecule has 0 aliphatic rings. The van der Waals surface area contributed by atoms with Crippen LogP contribution in [0.3, 0.4) is 0 Å². The maximum absolute atomic E-state index is 12.4. The molecule has 30 heavy (non-hydrogen) atoms. The van der Waals surface area contributed by atoms with E-state index in [2.05, 4.69) is 16.4 Å². The zero-order valence-electron chi connectivity index (χ0n) is 16.1. The second-order valence-corrected chi connectivity index (χ2v) is 7.12. The van der Waals surface area contributed by atoms with E-state index < -0.39 is 5.63 Å². The SMILES string of the molecule is CCOc1ccccc1N/C=C(/C#N)c1nc(-c2cc3ccccc3oc2=O)cs1. The predicted octanol–water partition coefficient (Wildman–Crippen LogP) is 5.29. The molecular weight excluding hydrogens is 398 g/mol. The molecule has 0 spiro atoms. The molecule has 0 aliphatic carbocycles. The maximum Gasteiger partial charge on any atom is 0.345 e. The fraction of sp³-hybridized carbons (Fsp3) is 0.0870. The molecule has 1 N–H and O–H groups in total. The van der Waals surface area contributed by atoms with Crippen molar-refractivity contribution in [2.24, 2.45) is 0 Å². The highest BCUT2D eigenvalue weighted by Crippen LogP contribution is 2.28. The molecular formula is C23H17N3O3S. The molecule has 0 atom stereocenters. The highest BCUT2D eigenvalue weighted by molar-refractivity contribution is 7.11. The van der Waals surface area contributed by atoms with E-state index in [1.165, 1.54) is 11.3 Å². The molecule has 0 unspecified atom stereocenters. The lowest BCUT2D eigenvalue weighted by Crippen LogP contribution is -2.03. The molecule has 2 aromatic heterocycles. The van der Waals surface area contributed by atoms with E-state index in [0.29, 0.717) is 39.8 Å². The van der Waals surface area contributed by atoms with Gasteiger partial charge in [-0.1, -0.05) is 30.3 Å². The van der Waals surface area contributed by atoms with Gasteiger partial charge in [0.25, 0.3) is 0 Å². The number of hydrogen-bond donors (Lipinski definition) is 1. The molecule has 2 aromatic carbocycles. The summed E-state index contributed by atoms with van der Waals surface area (Å²) in [4.78, 5) is 16.9. The van der Waals surface area contributed by atoms with E-state index in [-0.39, 0.29) is 0 Å². The molecule has 6 nitrogen and oxygen atoms in total. The monoisotopic (exact) mass is 415 g/mol. The molecule has 0 amide bonds.